The Labute approximate surface area is 91.7 Å². The number of nitrogens with two attached hydrogens (primary N) is 1. The predicted octanol–water partition coefficient (Wildman–Crippen LogP) is 0.375. The molecular formula is C9H12N6O. The van der Waals surface area contributed by atoms with E-state index < -0.39 is 0 Å². The normalized spacial score (nSPS) is 10.9. The maximum Gasteiger partial charge on any atom is 0.328 e. The van der Waals surface area contributed by atoms with Crippen molar-refractivity contribution < 1.29 is 4.79 Å². The lowest BCUT2D eigenvalue weighted by molar-refractivity contribution is 0.240. The largest absolute Gasteiger partial charge is 0.382 e. The molecule has 0 aliphatic rings. The molecule has 0 bridgehead atoms. The zero-order valence-electron chi connectivity index (χ0n) is 9.01. The zero-order chi connectivity index (χ0) is 11.7. The number of aromatic nitrogens is 4. The molecule has 2 rings (SSSR count). The smallest absolute Gasteiger partial charge is 0.328 e. The molecule has 7 nitrogen and oxygen atoms in total. The molecule has 0 saturated carbocycles. The third-order valence-electron chi connectivity index (χ3n) is 1.99. The van der Waals surface area contributed by atoms with Crippen molar-refractivity contribution >= 4 is 23.0 Å². The first-order valence-electron chi connectivity index (χ1n) is 4.84. The van der Waals surface area contributed by atoms with Gasteiger partial charge in [0.05, 0.1) is 0 Å². The van der Waals surface area contributed by atoms with Crippen LogP contribution in [0.3, 0.4) is 0 Å². The Morgan fingerprint density at radius 3 is 2.88 bits per heavy atom. The summed E-state index contributed by atoms with van der Waals surface area (Å²) in [6.07, 6.45) is 2.69. The lowest BCUT2D eigenvalue weighted by Gasteiger charge is -2.08. The highest BCUT2D eigenvalue weighted by molar-refractivity contribution is 5.90. The SMILES string of the molecule is CC(C)NC(=O)n1cnc2c(N)ncnc21. The van der Waals surface area contributed by atoms with Gasteiger partial charge in [0.2, 0.25) is 0 Å². The van der Waals surface area contributed by atoms with Crippen LogP contribution in [0.15, 0.2) is 12.7 Å². The van der Waals surface area contributed by atoms with Crippen molar-refractivity contribution in [3.63, 3.8) is 0 Å². The van der Waals surface area contributed by atoms with Gasteiger partial charge in [0.15, 0.2) is 17.0 Å². The van der Waals surface area contributed by atoms with Gasteiger partial charge in [-0.1, -0.05) is 0 Å². The number of nitrogen functional groups attached to an aromatic ring is 1. The van der Waals surface area contributed by atoms with Gasteiger partial charge in [-0.15, -0.1) is 0 Å². The van der Waals surface area contributed by atoms with Crippen LogP contribution in [0, 0.1) is 0 Å². The highest BCUT2D eigenvalue weighted by atomic mass is 16.2. The number of fused-ring (bicyclic) bond motifs is 1. The van der Waals surface area contributed by atoms with E-state index in [-0.39, 0.29) is 17.9 Å². The number of nitrogens with one attached hydrogen (secondary N) is 1. The van der Waals surface area contributed by atoms with E-state index in [0.717, 1.165) is 0 Å². The molecule has 2 heterocycles. The van der Waals surface area contributed by atoms with Crippen LogP contribution in [0.2, 0.25) is 0 Å². The average molecular weight is 220 g/mol. The summed E-state index contributed by atoms with van der Waals surface area (Å²) in [5.74, 6) is 0.265. The fourth-order valence-corrected chi connectivity index (χ4v) is 1.32. The summed E-state index contributed by atoms with van der Waals surface area (Å²) in [5.41, 5.74) is 6.45. The predicted molar refractivity (Wildman–Crippen MR) is 58.8 cm³/mol. The average Bonchev–Trinajstić information content (AvgIpc) is 2.61. The maximum atomic E-state index is 11.8. The summed E-state index contributed by atoms with van der Waals surface area (Å²) < 4.78 is 1.31. The molecule has 3 N–H and O–H groups in total. The molecule has 0 aromatic carbocycles. The Hall–Kier alpha value is -2.18. The van der Waals surface area contributed by atoms with E-state index in [0.29, 0.717) is 11.2 Å². The van der Waals surface area contributed by atoms with E-state index >= 15 is 0 Å². The number of nitrogens with zero attached hydrogens (tertiary/aromatic N) is 4. The minimum Gasteiger partial charge on any atom is -0.382 e. The van der Waals surface area contributed by atoms with Crippen LogP contribution in [0.5, 0.6) is 0 Å². The third-order valence-corrected chi connectivity index (χ3v) is 1.99. The van der Waals surface area contributed by atoms with Crippen LogP contribution < -0.4 is 11.1 Å². The third kappa shape index (κ3) is 1.67. The fourth-order valence-electron chi connectivity index (χ4n) is 1.32. The minimum atomic E-state index is -0.282. The molecule has 2 aromatic heterocycles. The van der Waals surface area contributed by atoms with Gasteiger partial charge in [-0.05, 0) is 13.8 Å². The van der Waals surface area contributed by atoms with Gasteiger partial charge in [-0.2, -0.15) is 0 Å². The van der Waals surface area contributed by atoms with Crippen LogP contribution in [0.4, 0.5) is 10.6 Å². The van der Waals surface area contributed by atoms with Gasteiger partial charge in [0.1, 0.15) is 12.7 Å². The Bertz CT molecular complexity index is 532. The molecule has 16 heavy (non-hydrogen) atoms. The highest BCUT2D eigenvalue weighted by Crippen LogP contribution is 2.13. The van der Waals surface area contributed by atoms with E-state index in [2.05, 4.69) is 20.3 Å². The molecule has 7 heteroatoms. The van der Waals surface area contributed by atoms with Gasteiger partial charge in [-0.3, -0.25) is 0 Å². The number of carbonyl (C=O) groups is 1. The van der Waals surface area contributed by atoms with Crippen molar-refractivity contribution in [1.82, 2.24) is 24.8 Å². The van der Waals surface area contributed by atoms with Crippen molar-refractivity contribution in [2.75, 3.05) is 5.73 Å². The van der Waals surface area contributed by atoms with Gasteiger partial charge >= 0.3 is 6.03 Å². The first-order valence-corrected chi connectivity index (χ1v) is 4.84. The molecule has 0 radical (unpaired) electrons. The Kier molecular flexibility index (Phi) is 2.43. The topological polar surface area (TPSA) is 98.7 Å². The standard InChI is InChI=1S/C9H12N6O/c1-5(2)14-9(16)15-4-13-6-7(10)11-3-12-8(6)15/h3-5H,1-2H3,(H,14,16)(H2,10,11,12). The van der Waals surface area contributed by atoms with Gasteiger partial charge in [-0.25, -0.2) is 24.3 Å². The zero-order valence-corrected chi connectivity index (χ0v) is 9.01. The van der Waals surface area contributed by atoms with Crippen molar-refractivity contribution in [2.24, 2.45) is 0 Å². The van der Waals surface area contributed by atoms with Crippen molar-refractivity contribution in [2.45, 2.75) is 19.9 Å². The summed E-state index contributed by atoms with van der Waals surface area (Å²) >= 11 is 0. The molecular weight excluding hydrogens is 208 g/mol. The van der Waals surface area contributed by atoms with Gasteiger partial charge < -0.3 is 11.1 Å². The van der Waals surface area contributed by atoms with E-state index in [1.807, 2.05) is 13.8 Å². The van der Waals surface area contributed by atoms with Crippen LogP contribution in [0.1, 0.15) is 13.8 Å². The maximum absolute atomic E-state index is 11.8. The minimum absolute atomic E-state index is 0.0455. The Balaban J connectivity index is 2.46. The molecule has 2 aromatic rings. The van der Waals surface area contributed by atoms with Gasteiger partial charge in [0.25, 0.3) is 0 Å². The molecule has 0 aliphatic carbocycles. The lowest BCUT2D eigenvalue weighted by Crippen LogP contribution is -2.33. The van der Waals surface area contributed by atoms with Crippen molar-refractivity contribution in [3.8, 4) is 0 Å². The molecule has 1 amide bonds. The molecule has 84 valence electrons. The quantitative estimate of drug-likeness (QED) is 0.723. The second kappa shape index (κ2) is 3.76. The molecule has 0 atom stereocenters. The van der Waals surface area contributed by atoms with Gasteiger partial charge in [0, 0.05) is 6.04 Å². The van der Waals surface area contributed by atoms with E-state index in [4.69, 9.17) is 5.73 Å². The van der Waals surface area contributed by atoms with Crippen LogP contribution in [-0.2, 0) is 0 Å². The monoisotopic (exact) mass is 220 g/mol. The molecule has 0 spiro atoms. The van der Waals surface area contributed by atoms with E-state index in [1.54, 1.807) is 0 Å². The first kappa shape index (κ1) is 10.3. The van der Waals surface area contributed by atoms with E-state index in [9.17, 15) is 4.79 Å². The van der Waals surface area contributed by atoms with Crippen LogP contribution in [-0.4, -0.2) is 31.6 Å². The lowest BCUT2D eigenvalue weighted by atomic mass is 10.4. The van der Waals surface area contributed by atoms with Crippen LogP contribution >= 0.6 is 0 Å². The van der Waals surface area contributed by atoms with E-state index in [1.165, 1.54) is 17.2 Å². The Morgan fingerprint density at radius 1 is 1.44 bits per heavy atom. The Morgan fingerprint density at radius 2 is 2.19 bits per heavy atom. The second-order valence-electron chi connectivity index (χ2n) is 3.65. The summed E-state index contributed by atoms with van der Waals surface area (Å²) in [4.78, 5) is 23.5. The first-order chi connectivity index (χ1) is 7.59. The van der Waals surface area contributed by atoms with Crippen molar-refractivity contribution in [1.29, 1.82) is 0 Å². The molecule has 0 aliphatic heterocycles. The summed E-state index contributed by atoms with van der Waals surface area (Å²) in [6, 6.07) is -0.236. The number of amides is 1. The number of anilines is 1. The fraction of sp³-hybridized carbons (Fsp3) is 0.333. The molecule has 0 saturated heterocycles. The molecule has 0 fully saturated rings. The van der Waals surface area contributed by atoms with Crippen LogP contribution in [0.25, 0.3) is 11.2 Å². The number of rotatable bonds is 1. The molecule has 0 unspecified atom stereocenters. The summed E-state index contributed by atoms with van der Waals surface area (Å²) in [7, 11) is 0. The second-order valence-corrected chi connectivity index (χ2v) is 3.65. The number of carbonyl (C=O) groups excluding carboxylic acids is 1. The number of imidazole rings is 1. The summed E-state index contributed by atoms with van der Waals surface area (Å²) in [5, 5.41) is 2.74. The summed E-state index contributed by atoms with van der Waals surface area (Å²) in [6.45, 7) is 3.75. The highest BCUT2D eigenvalue weighted by Gasteiger charge is 2.13. The number of hydrogen-bond donors (Lipinski definition) is 2. The van der Waals surface area contributed by atoms with Crippen molar-refractivity contribution in [3.05, 3.63) is 12.7 Å². The number of hydrogen-bond acceptors (Lipinski definition) is 5.